The van der Waals surface area contributed by atoms with Crippen LogP contribution in [0.2, 0.25) is 0 Å². The van der Waals surface area contributed by atoms with Crippen molar-refractivity contribution in [2.24, 2.45) is 0 Å². The predicted octanol–water partition coefficient (Wildman–Crippen LogP) is 3.37. The van der Waals surface area contributed by atoms with Crippen LogP contribution in [-0.2, 0) is 6.42 Å². The number of anilines is 1. The van der Waals surface area contributed by atoms with Crippen LogP contribution in [0.4, 0.5) is 5.82 Å². The van der Waals surface area contributed by atoms with Crippen LogP contribution in [0.5, 0.6) is 5.75 Å². The van der Waals surface area contributed by atoms with Gasteiger partial charge in [0, 0.05) is 16.8 Å². The van der Waals surface area contributed by atoms with Gasteiger partial charge in [0.25, 0.3) is 0 Å². The molecular weight excluding hydrogens is 306 g/mol. The normalized spacial score (nSPS) is 10.5. The molecular formula is C14H16BrN3O. The standard InChI is InChI=1S/C14H16BrN3O/c1-4-10-8(2)17-14(18-13(10)16)9-5-6-12(19-3)11(15)7-9/h5-7H,4H2,1-3H3,(H2,16,17,18). The van der Waals surface area contributed by atoms with Gasteiger partial charge in [-0.3, -0.25) is 0 Å². The zero-order valence-corrected chi connectivity index (χ0v) is 12.8. The molecule has 100 valence electrons. The maximum absolute atomic E-state index is 5.98. The van der Waals surface area contributed by atoms with Crippen LogP contribution in [0, 0.1) is 6.92 Å². The molecule has 1 aromatic heterocycles. The molecule has 5 heteroatoms. The lowest BCUT2D eigenvalue weighted by Crippen LogP contribution is -2.04. The molecule has 19 heavy (non-hydrogen) atoms. The summed E-state index contributed by atoms with van der Waals surface area (Å²) < 4.78 is 6.07. The van der Waals surface area contributed by atoms with Gasteiger partial charge in [-0.1, -0.05) is 6.92 Å². The molecule has 1 aromatic carbocycles. The summed E-state index contributed by atoms with van der Waals surface area (Å²) in [6, 6.07) is 5.73. The van der Waals surface area contributed by atoms with Crippen molar-refractivity contribution in [2.45, 2.75) is 20.3 Å². The Morgan fingerprint density at radius 3 is 2.58 bits per heavy atom. The van der Waals surface area contributed by atoms with Gasteiger partial charge in [-0.25, -0.2) is 9.97 Å². The molecule has 2 N–H and O–H groups in total. The smallest absolute Gasteiger partial charge is 0.161 e. The fourth-order valence-electron chi connectivity index (χ4n) is 1.99. The number of nitrogens with two attached hydrogens (primary N) is 1. The first kappa shape index (κ1) is 13.8. The zero-order chi connectivity index (χ0) is 14.0. The molecule has 0 saturated heterocycles. The van der Waals surface area contributed by atoms with Gasteiger partial charge in [-0.05, 0) is 47.5 Å². The van der Waals surface area contributed by atoms with E-state index in [0.717, 1.165) is 33.5 Å². The lowest BCUT2D eigenvalue weighted by atomic mass is 10.1. The molecule has 2 aromatic rings. The van der Waals surface area contributed by atoms with Crippen molar-refractivity contribution in [3.05, 3.63) is 33.9 Å². The fraction of sp³-hybridized carbons (Fsp3) is 0.286. The molecule has 0 aliphatic heterocycles. The molecule has 1 heterocycles. The Hall–Kier alpha value is -1.62. The summed E-state index contributed by atoms with van der Waals surface area (Å²) in [4.78, 5) is 8.90. The number of aromatic nitrogens is 2. The number of methoxy groups -OCH3 is 1. The summed E-state index contributed by atoms with van der Waals surface area (Å²) in [6.45, 7) is 4.00. The minimum Gasteiger partial charge on any atom is -0.496 e. The third-order valence-electron chi connectivity index (χ3n) is 3.01. The molecule has 0 fully saturated rings. The van der Waals surface area contributed by atoms with Crippen LogP contribution in [0.3, 0.4) is 0 Å². The van der Waals surface area contributed by atoms with E-state index in [1.807, 2.05) is 32.0 Å². The Kier molecular flexibility index (Phi) is 4.04. The van der Waals surface area contributed by atoms with Gasteiger partial charge in [0.2, 0.25) is 0 Å². The van der Waals surface area contributed by atoms with Crippen molar-refractivity contribution in [1.82, 2.24) is 9.97 Å². The number of nitrogen functional groups attached to an aromatic ring is 1. The van der Waals surface area contributed by atoms with E-state index in [2.05, 4.69) is 25.9 Å². The number of nitrogens with zero attached hydrogens (tertiary/aromatic N) is 2. The number of benzene rings is 1. The number of hydrogen-bond donors (Lipinski definition) is 1. The molecule has 2 rings (SSSR count). The number of rotatable bonds is 3. The Bertz CT molecular complexity index is 591. The summed E-state index contributed by atoms with van der Waals surface area (Å²) in [5.41, 5.74) is 8.82. The molecule has 0 radical (unpaired) electrons. The van der Waals surface area contributed by atoms with E-state index in [0.29, 0.717) is 11.6 Å². The minimum atomic E-state index is 0.553. The van der Waals surface area contributed by atoms with Gasteiger partial charge in [0.1, 0.15) is 11.6 Å². The monoisotopic (exact) mass is 321 g/mol. The summed E-state index contributed by atoms with van der Waals surface area (Å²) in [6.07, 6.45) is 0.838. The van der Waals surface area contributed by atoms with E-state index in [1.165, 1.54) is 0 Å². The van der Waals surface area contributed by atoms with Crippen LogP contribution in [0.15, 0.2) is 22.7 Å². The van der Waals surface area contributed by atoms with E-state index in [-0.39, 0.29) is 0 Å². The maximum Gasteiger partial charge on any atom is 0.161 e. The summed E-state index contributed by atoms with van der Waals surface area (Å²) in [5.74, 6) is 1.96. The van der Waals surface area contributed by atoms with Gasteiger partial charge in [0.15, 0.2) is 5.82 Å². The second-order valence-electron chi connectivity index (χ2n) is 4.20. The Labute approximate surface area is 121 Å². The number of hydrogen-bond acceptors (Lipinski definition) is 4. The summed E-state index contributed by atoms with van der Waals surface area (Å²) in [5, 5.41) is 0. The SMILES string of the molecule is CCc1c(C)nc(-c2ccc(OC)c(Br)c2)nc1N. The number of ether oxygens (including phenoxy) is 1. The molecule has 0 spiro atoms. The lowest BCUT2D eigenvalue weighted by molar-refractivity contribution is 0.412. The first-order chi connectivity index (χ1) is 9.06. The molecule has 0 saturated carbocycles. The average molecular weight is 322 g/mol. The number of halogens is 1. The van der Waals surface area contributed by atoms with E-state index in [1.54, 1.807) is 7.11 Å². The van der Waals surface area contributed by atoms with E-state index < -0.39 is 0 Å². The van der Waals surface area contributed by atoms with Crippen LogP contribution >= 0.6 is 15.9 Å². The first-order valence-electron chi connectivity index (χ1n) is 6.03. The van der Waals surface area contributed by atoms with Gasteiger partial charge in [-0.2, -0.15) is 0 Å². The molecule has 0 aliphatic rings. The third kappa shape index (κ3) is 2.71. The topological polar surface area (TPSA) is 61.0 Å². The van der Waals surface area contributed by atoms with Crippen molar-refractivity contribution in [3.8, 4) is 17.1 Å². The van der Waals surface area contributed by atoms with Crippen LogP contribution in [0.1, 0.15) is 18.2 Å². The molecule has 0 aliphatic carbocycles. The van der Waals surface area contributed by atoms with E-state index in [4.69, 9.17) is 10.5 Å². The molecule has 4 nitrogen and oxygen atoms in total. The molecule has 0 unspecified atom stereocenters. The van der Waals surface area contributed by atoms with Crippen molar-refractivity contribution < 1.29 is 4.74 Å². The largest absolute Gasteiger partial charge is 0.496 e. The summed E-state index contributed by atoms with van der Waals surface area (Å²) >= 11 is 3.46. The summed E-state index contributed by atoms with van der Waals surface area (Å²) in [7, 11) is 1.63. The third-order valence-corrected chi connectivity index (χ3v) is 3.63. The van der Waals surface area contributed by atoms with Crippen molar-refractivity contribution in [2.75, 3.05) is 12.8 Å². The van der Waals surface area contributed by atoms with E-state index in [9.17, 15) is 0 Å². The van der Waals surface area contributed by atoms with Crippen LogP contribution in [-0.4, -0.2) is 17.1 Å². The van der Waals surface area contributed by atoms with E-state index >= 15 is 0 Å². The van der Waals surface area contributed by atoms with Crippen molar-refractivity contribution >= 4 is 21.7 Å². The minimum absolute atomic E-state index is 0.553. The van der Waals surface area contributed by atoms with Crippen molar-refractivity contribution in [1.29, 1.82) is 0 Å². The van der Waals surface area contributed by atoms with Crippen molar-refractivity contribution in [3.63, 3.8) is 0 Å². The molecule has 0 atom stereocenters. The zero-order valence-electron chi connectivity index (χ0n) is 11.2. The Morgan fingerprint density at radius 2 is 2.05 bits per heavy atom. The first-order valence-corrected chi connectivity index (χ1v) is 6.83. The molecule has 0 amide bonds. The Morgan fingerprint density at radius 1 is 1.32 bits per heavy atom. The highest BCUT2D eigenvalue weighted by Crippen LogP contribution is 2.30. The van der Waals surface area contributed by atoms with Gasteiger partial charge in [-0.15, -0.1) is 0 Å². The van der Waals surface area contributed by atoms with Gasteiger partial charge < -0.3 is 10.5 Å². The van der Waals surface area contributed by atoms with Gasteiger partial charge in [0.05, 0.1) is 11.6 Å². The highest BCUT2D eigenvalue weighted by Gasteiger charge is 2.10. The van der Waals surface area contributed by atoms with Crippen LogP contribution < -0.4 is 10.5 Å². The predicted molar refractivity (Wildman–Crippen MR) is 80.2 cm³/mol. The second kappa shape index (κ2) is 5.57. The number of aryl methyl sites for hydroxylation is 1. The highest BCUT2D eigenvalue weighted by atomic mass is 79.9. The van der Waals surface area contributed by atoms with Crippen LogP contribution in [0.25, 0.3) is 11.4 Å². The van der Waals surface area contributed by atoms with Gasteiger partial charge >= 0.3 is 0 Å². The Balaban J connectivity index is 2.50. The highest BCUT2D eigenvalue weighted by molar-refractivity contribution is 9.10. The lowest BCUT2D eigenvalue weighted by Gasteiger charge is -2.10. The fourth-order valence-corrected chi connectivity index (χ4v) is 2.53. The quantitative estimate of drug-likeness (QED) is 0.941. The molecule has 0 bridgehead atoms. The maximum atomic E-state index is 5.98. The second-order valence-corrected chi connectivity index (χ2v) is 5.05. The average Bonchev–Trinajstić information content (AvgIpc) is 2.38.